The zero-order chi connectivity index (χ0) is 11.1. The summed E-state index contributed by atoms with van der Waals surface area (Å²) in [6.45, 7) is 1.59. The Morgan fingerprint density at radius 1 is 1.19 bits per heavy atom. The van der Waals surface area contributed by atoms with E-state index in [2.05, 4.69) is 11.1 Å². The minimum absolute atomic E-state index is 0.104. The summed E-state index contributed by atoms with van der Waals surface area (Å²) in [5.41, 5.74) is 0.979. The van der Waals surface area contributed by atoms with Crippen molar-refractivity contribution in [2.45, 2.75) is 6.92 Å². The highest BCUT2D eigenvalue weighted by molar-refractivity contribution is 7.20. The number of pyridine rings is 1. The van der Waals surface area contributed by atoms with Gasteiger partial charge < -0.3 is 0 Å². The van der Waals surface area contributed by atoms with Crippen LogP contribution in [0.5, 0.6) is 0 Å². The Labute approximate surface area is 96.5 Å². The second-order valence-corrected chi connectivity index (χ2v) is 4.77. The van der Waals surface area contributed by atoms with E-state index in [1.807, 2.05) is 30.3 Å². The van der Waals surface area contributed by atoms with Crippen LogP contribution in [0.4, 0.5) is 0 Å². The summed E-state index contributed by atoms with van der Waals surface area (Å²) < 4.78 is 0. The van der Waals surface area contributed by atoms with Crippen LogP contribution in [-0.2, 0) is 0 Å². The summed E-state index contributed by atoms with van der Waals surface area (Å²) in [6.07, 6.45) is 0. The van der Waals surface area contributed by atoms with Crippen LogP contribution < -0.4 is 0 Å². The van der Waals surface area contributed by atoms with Crippen LogP contribution in [0.3, 0.4) is 0 Å². The van der Waals surface area contributed by atoms with Crippen LogP contribution >= 0.6 is 11.3 Å². The van der Waals surface area contributed by atoms with Crippen molar-refractivity contribution in [2.75, 3.05) is 0 Å². The lowest BCUT2D eigenvalue weighted by Gasteiger charge is -1.95. The lowest BCUT2D eigenvalue weighted by molar-refractivity contribution is 0.102. The first kappa shape index (κ1) is 9.48. The molecule has 3 aromatic rings. The van der Waals surface area contributed by atoms with Crippen molar-refractivity contribution in [3.05, 3.63) is 41.3 Å². The Morgan fingerprint density at radius 3 is 2.81 bits per heavy atom. The van der Waals surface area contributed by atoms with E-state index in [4.69, 9.17) is 0 Å². The number of nitrogens with zero attached hydrogens (tertiary/aromatic N) is 1. The number of hydrogen-bond donors (Lipinski definition) is 0. The average Bonchev–Trinajstić information content (AvgIpc) is 2.68. The second kappa shape index (κ2) is 3.39. The van der Waals surface area contributed by atoms with Gasteiger partial charge in [-0.2, -0.15) is 0 Å². The van der Waals surface area contributed by atoms with Gasteiger partial charge in [-0.15, -0.1) is 11.3 Å². The zero-order valence-electron chi connectivity index (χ0n) is 8.73. The average molecular weight is 227 g/mol. The molecule has 3 rings (SSSR count). The van der Waals surface area contributed by atoms with E-state index in [-0.39, 0.29) is 5.78 Å². The number of fused-ring (bicyclic) bond motifs is 2. The molecule has 0 spiro atoms. The van der Waals surface area contributed by atoms with Gasteiger partial charge in [0, 0.05) is 10.8 Å². The van der Waals surface area contributed by atoms with Crippen molar-refractivity contribution in [3.63, 3.8) is 0 Å². The molecule has 0 bridgehead atoms. The van der Waals surface area contributed by atoms with E-state index in [1.54, 1.807) is 6.92 Å². The number of carbonyl (C=O) groups is 1. The number of ketones is 1. The minimum Gasteiger partial charge on any atom is -0.294 e. The molecule has 3 heteroatoms. The van der Waals surface area contributed by atoms with Gasteiger partial charge in [-0.05, 0) is 25.1 Å². The van der Waals surface area contributed by atoms with Crippen LogP contribution in [0.25, 0.3) is 21.1 Å². The van der Waals surface area contributed by atoms with E-state index in [1.165, 1.54) is 11.3 Å². The largest absolute Gasteiger partial charge is 0.294 e. The number of thiophene rings is 1. The fourth-order valence-electron chi connectivity index (χ4n) is 1.75. The molecule has 0 unspecified atom stereocenters. The fourth-order valence-corrected chi connectivity index (χ4v) is 2.67. The molecule has 1 aromatic carbocycles. The molecule has 0 N–H and O–H groups in total. The normalized spacial score (nSPS) is 11.1. The van der Waals surface area contributed by atoms with Crippen LogP contribution in [0.15, 0.2) is 36.4 Å². The molecule has 0 aliphatic rings. The summed E-state index contributed by atoms with van der Waals surface area (Å²) in [5.74, 6) is 0.104. The molecule has 78 valence electrons. The van der Waals surface area contributed by atoms with E-state index in [9.17, 15) is 4.79 Å². The van der Waals surface area contributed by atoms with Gasteiger partial charge in [0.05, 0.1) is 10.4 Å². The number of Topliss-reactive ketones (excluding diaryl/α,β-unsaturated/α-hetero) is 1. The van der Waals surface area contributed by atoms with Crippen molar-refractivity contribution in [2.24, 2.45) is 0 Å². The number of hydrogen-bond acceptors (Lipinski definition) is 3. The lowest BCUT2D eigenvalue weighted by atomic mass is 10.2. The number of aromatic nitrogens is 1. The monoisotopic (exact) mass is 227 g/mol. The van der Waals surface area contributed by atoms with Crippen molar-refractivity contribution in [3.8, 4) is 0 Å². The number of carbonyl (C=O) groups excluding carboxylic acids is 1. The molecule has 2 aromatic heterocycles. The van der Waals surface area contributed by atoms with Gasteiger partial charge in [0.15, 0.2) is 5.78 Å². The maximum Gasteiger partial charge on any atom is 0.169 e. The van der Waals surface area contributed by atoms with Crippen LogP contribution in [0.1, 0.15) is 16.6 Å². The summed E-state index contributed by atoms with van der Waals surface area (Å²) in [6, 6.07) is 12.0. The van der Waals surface area contributed by atoms with Gasteiger partial charge in [0.1, 0.15) is 4.83 Å². The molecule has 2 nitrogen and oxygen atoms in total. The molecule has 0 saturated carbocycles. The standard InChI is InChI=1S/C13H9NOS/c1-8(15)12-7-10-6-9-4-2-3-5-11(9)14-13(10)16-12/h2-7H,1H3. The van der Waals surface area contributed by atoms with Gasteiger partial charge >= 0.3 is 0 Å². The first-order valence-corrected chi connectivity index (χ1v) is 5.86. The Hall–Kier alpha value is -1.74. The predicted molar refractivity (Wildman–Crippen MR) is 67.1 cm³/mol. The zero-order valence-corrected chi connectivity index (χ0v) is 9.54. The minimum atomic E-state index is 0.104. The summed E-state index contributed by atoms with van der Waals surface area (Å²) in [5, 5.41) is 2.16. The smallest absolute Gasteiger partial charge is 0.169 e. The first-order valence-electron chi connectivity index (χ1n) is 5.04. The SMILES string of the molecule is CC(=O)c1cc2cc3ccccc3nc2s1. The summed E-state index contributed by atoms with van der Waals surface area (Å²) in [4.78, 5) is 17.5. The molecule has 0 fully saturated rings. The Morgan fingerprint density at radius 2 is 2.00 bits per heavy atom. The quantitative estimate of drug-likeness (QED) is 0.594. The number of para-hydroxylation sites is 1. The van der Waals surface area contributed by atoms with Crippen LogP contribution in [0, 0.1) is 0 Å². The van der Waals surface area contributed by atoms with Gasteiger partial charge in [-0.25, -0.2) is 4.98 Å². The highest BCUT2D eigenvalue weighted by Gasteiger charge is 2.07. The fraction of sp³-hybridized carbons (Fsp3) is 0.0769. The van der Waals surface area contributed by atoms with E-state index >= 15 is 0 Å². The molecular formula is C13H9NOS. The van der Waals surface area contributed by atoms with E-state index in [0.29, 0.717) is 0 Å². The van der Waals surface area contributed by atoms with Crippen molar-refractivity contribution in [1.29, 1.82) is 0 Å². The predicted octanol–water partition coefficient (Wildman–Crippen LogP) is 3.65. The summed E-state index contributed by atoms with van der Waals surface area (Å²) in [7, 11) is 0. The Balaban J connectivity index is 2.38. The molecular weight excluding hydrogens is 218 g/mol. The van der Waals surface area contributed by atoms with E-state index < -0.39 is 0 Å². The molecule has 16 heavy (non-hydrogen) atoms. The second-order valence-electron chi connectivity index (χ2n) is 3.74. The third-order valence-corrected chi connectivity index (χ3v) is 3.70. The summed E-state index contributed by atoms with van der Waals surface area (Å²) >= 11 is 1.46. The van der Waals surface area contributed by atoms with Crippen molar-refractivity contribution in [1.82, 2.24) is 4.98 Å². The molecule has 0 saturated heterocycles. The number of rotatable bonds is 1. The molecule has 0 aliphatic heterocycles. The highest BCUT2D eigenvalue weighted by Crippen LogP contribution is 2.27. The molecule has 0 amide bonds. The van der Waals surface area contributed by atoms with Gasteiger partial charge in [-0.3, -0.25) is 4.79 Å². The first-order chi connectivity index (χ1) is 7.74. The van der Waals surface area contributed by atoms with E-state index in [0.717, 1.165) is 26.0 Å². The maximum atomic E-state index is 11.3. The third kappa shape index (κ3) is 1.41. The van der Waals surface area contributed by atoms with Gasteiger partial charge in [0.25, 0.3) is 0 Å². The third-order valence-electron chi connectivity index (χ3n) is 2.56. The van der Waals surface area contributed by atoms with Crippen molar-refractivity contribution >= 4 is 38.2 Å². The van der Waals surface area contributed by atoms with Crippen LogP contribution in [0.2, 0.25) is 0 Å². The lowest BCUT2D eigenvalue weighted by Crippen LogP contribution is -1.83. The number of benzene rings is 1. The van der Waals surface area contributed by atoms with Crippen LogP contribution in [-0.4, -0.2) is 10.8 Å². The maximum absolute atomic E-state index is 11.3. The molecule has 2 heterocycles. The van der Waals surface area contributed by atoms with Crippen molar-refractivity contribution < 1.29 is 4.79 Å². The molecule has 0 radical (unpaired) electrons. The Kier molecular flexibility index (Phi) is 2.01. The topological polar surface area (TPSA) is 30.0 Å². The highest BCUT2D eigenvalue weighted by atomic mass is 32.1. The molecule has 0 aliphatic carbocycles. The van der Waals surface area contributed by atoms with Gasteiger partial charge in [-0.1, -0.05) is 18.2 Å². The van der Waals surface area contributed by atoms with Gasteiger partial charge in [0.2, 0.25) is 0 Å². The Bertz CT molecular complexity index is 647. The molecule has 0 atom stereocenters.